The minimum Gasteiger partial charge on any atom is -0.553 e. The van der Waals surface area contributed by atoms with E-state index in [1.54, 1.807) is 0 Å². The predicted molar refractivity (Wildman–Crippen MR) is 168 cm³/mol. The Morgan fingerprint density at radius 2 is 0.571 bits per heavy atom. The van der Waals surface area contributed by atoms with Gasteiger partial charge in [-0.05, 0) is 12.8 Å². The molecule has 17 nitrogen and oxygen atoms in total. The molecule has 0 saturated carbocycles. The first kappa shape index (κ1) is 55.7. The van der Waals surface area contributed by atoms with Gasteiger partial charge in [0, 0.05) is 39.6 Å². The zero-order chi connectivity index (χ0) is 35.6. The van der Waals surface area contributed by atoms with Crippen LogP contribution in [0.3, 0.4) is 0 Å². The van der Waals surface area contributed by atoms with Crippen LogP contribution < -0.4 is 0 Å². The van der Waals surface area contributed by atoms with Gasteiger partial charge in [0.15, 0.2) is 0 Å². The Hall–Kier alpha value is -2.68. The molecular weight excluding hydrogens is 1170 g/mol. The monoisotopic (exact) mass is 1230 g/mol. The first-order chi connectivity index (χ1) is 22.8. The van der Waals surface area contributed by atoms with Crippen molar-refractivity contribution >= 4 is 0 Å². The molecular formula is C30H62O17Rf2-4. The van der Waals surface area contributed by atoms with Gasteiger partial charge in [-0.15, -0.1) is 0 Å². The Labute approximate surface area is 280 Å². The van der Waals surface area contributed by atoms with Gasteiger partial charge in [0.1, 0.15) is 0 Å². The molecule has 0 rings (SSSR count). The molecule has 0 fully saturated rings. The Morgan fingerprint density at radius 1 is 0.327 bits per heavy atom. The van der Waals surface area contributed by atoms with Gasteiger partial charge in [-0.2, -0.15) is 0 Å². The van der Waals surface area contributed by atoms with Gasteiger partial charge in [0.25, 0.3) is 0 Å². The maximum Gasteiger partial charge on any atom is 0.0976 e. The van der Waals surface area contributed by atoms with Crippen LogP contribution in [0.1, 0.15) is 12.8 Å². The summed E-state index contributed by atoms with van der Waals surface area (Å²) in [5.41, 5.74) is 0. The second-order valence-electron chi connectivity index (χ2n) is 9.33. The Bertz CT molecular complexity index is 507. The minimum atomic E-state index is -0.649. The third kappa shape index (κ3) is 55.0. The summed E-state index contributed by atoms with van der Waals surface area (Å²) in [6.45, 7) is 6.31. The van der Waals surface area contributed by atoms with E-state index in [2.05, 4.69) is 47.4 Å². The van der Waals surface area contributed by atoms with Crippen LogP contribution in [0.25, 0.3) is 0 Å². The summed E-state index contributed by atoms with van der Waals surface area (Å²) in [6.07, 6.45) is -1.36. The molecule has 0 bridgehead atoms. The maximum absolute atomic E-state index is 9.38. The Morgan fingerprint density at radius 3 is 0.816 bits per heavy atom. The number of hydrogen-bond acceptors (Lipinski definition) is 17. The third-order valence-electron chi connectivity index (χ3n) is 5.01. The largest absolute Gasteiger partial charge is 0.553 e. The summed E-state index contributed by atoms with van der Waals surface area (Å²) < 4.78 is 54.2. The molecule has 0 spiro atoms. The molecule has 0 radical (unpaired) electrons. The summed E-state index contributed by atoms with van der Waals surface area (Å²) in [6, 6.07) is 0. The number of aliphatic hydroxyl groups is 6. The summed E-state index contributed by atoms with van der Waals surface area (Å²) >= 11 is 0. The van der Waals surface area contributed by atoms with Crippen molar-refractivity contribution in [1.82, 2.24) is 0 Å². The van der Waals surface area contributed by atoms with Crippen molar-refractivity contribution in [3.05, 3.63) is 28.4 Å². The van der Waals surface area contributed by atoms with Gasteiger partial charge < -0.3 is 82.7 Å². The molecule has 0 amide bonds. The van der Waals surface area contributed by atoms with E-state index in [4.69, 9.17) is 53.6 Å². The van der Waals surface area contributed by atoms with E-state index in [1.807, 2.05) is 0 Å². The molecule has 49 heavy (non-hydrogen) atoms. The number of hydrogen-bond donors (Lipinski definition) is 6. The van der Waals surface area contributed by atoms with E-state index >= 15 is 0 Å². The summed E-state index contributed by atoms with van der Waals surface area (Å²) in [5.74, 6) is 0. The van der Waals surface area contributed by atoms with Crippen molar-refractivity contribution in [2.75, 3.05) is 132 Å². The zero-order valence-corrected chi connectivity index (χ0v) is 42.1. The summed E-state index contributed by atoms with van der Waals surface area (Å²) in [5, 5.41) is 53.1. The van der Waals surface area contributed by atoms with E-state index < -0.39 is 24.4 Å². The van der Waals surface area contributed by atoms with Crippen LogP contribution in [-0.2, 0) is 52.1 Å². The molecule has 292 valence electrons. The molecule has 0 aromatic heterocycles. The van der Waals surface area contributed by atoms with E-state index in [-0.39, 0.29) is 66.1 Å². The van der Waals surface area contributed by atoms with E-state index in [1.165, 1.54) is 0 Å². The van der Waals surface area contributed by atoms with Crippen molar-refractivity contribution in [1.29, 1.82) is 0 Å². The molecule has 19 heteroatoms. The van der Waals surface area contributed by atoms with Crippen LogP contribution >= 0.6 is 0 Å². The van der Waals surface area contributed by atoms with E-state index in [9.17, 15) is 10.2 Å². The van der Waals surface area contributed by atoms with Crippen molar-refractivity contribution in [2.45, 2.75) is 37.3 Å². The van der Waals surface area contributed by atoms with Crippen LogP contribution in [0.5, 0.6) is 0 Å². The van der Waals surface area contributed by atoms with Crippen LogP contribution in [0.2, 0.25) is 0 Å². The average molecular weight is 1230 g/mol. The predicted octanol–water partition coefficient (Wildman–Crippen LogP) is -1.48. The van der Waals surface area contributed by atoms with E-state index in [0.717, 1.165) is 0 Å². The summed E-state index contributed by atoms with van der Waals surface area (Å²) in [4.78, 5) is 0. The topological polar surface area (TPSA) is 223 Å². The number of rotatable bonds is 34. The molecule has 0 aromatic rings. The maximum atomic E-state index is 9.38. The van der Waals surface area contributed by atoms with Crippen molar-refractivity contribution in [3.8, 4) is 0 Å². The smallest absolute Gasteiger partial charge is 0.0976 e. The quantitative estimate of drug-likeness (QED) is 0.0320. The fraction of sp³-hybridized carbons (Fsp3) is 0.867. The molecule has 4 atom stereocenters. The third-order valence-corrected chi connectivity index (χ3v) is 5.01. The van der Waals surface area contributed by atoms with Crippen molar-refractivity contribution in [3.63, 3.8) is 0 Å². The molecule has 0 saturated heterocycles. The Balaban J connectivity index is -0.000000241. The first-order valence-electron chi connectivity index (χ1n) is 15.3. The number of aliphatic hydroxyl groups excluding tert-OH is 6. The van der Waals surface area contributed by atoms with Crippen molar-refractivity contribution in [2.24, 2.45) is 0 Å². The normalized spacial score (nSPS) is 13.1. The average Bonchev–Trinajstić information content (AvgIpc) is 3.04. The second kappa shape index (κ2) is 49.7. The SMILES string of the molecule is [CH2-]OCC(O)CCOCCOCCOCCOCCOCCC(O)CO[CH2-].[CH2-]OCC(O)COCCO.[CH2-]OCC(O)COCCO.[Rf].[Rf]. The minimum absolute atomic E-state index is 0. The molecule has 0 aliphatic rings. The standard InChI is InChI=1S/C18H36O9.2C6H13O4.2Rf/c1-21-15-17(19)3-5-23-7-9-25-11-13-27-14-12-26-10-8-24-6-4-18(20)16-22-2;2*1-9-4-6(8)5-10-3-2-7;;/h17-20H,1-16H2;2*6-8H,1-5H2;;/q-2;2*-1;;. The summed E-state index contributed by atoms with van der Waals surface area (Å²) in [7, 11) is 12.6. The fourth-order valence-corrected chi connectivity index (χ4v) is 2.80. The first-order valence-corrected chi connectivity index (χ1v) is 15.3. The van der Waals surface area contributed by atoms with Crippen LogP contribution in [0, 0.1) is 28.4 Å². The van der Waals surface area contributed by atoms with Crippen LogP contribution in [0.4, 0.5) is 0 Å². The zero-order valence-electron chi connectivity index (χ0n) is 29.3. The van der Waals surface area contributed by atoms with Crippen LogP contribution in [0.15, 0.2) is 0 Å². The Kier molecular flexibility index (Phi) is 56.5. The molecule has 0 heterocycles. The van der Waals surface area contributed by atoms with Gasteiger partial charge in [-0.3, -0.25) is 0 Å². The molecule has 4 unspecified atom stereocenters. The number of ether oxygens (including phenoxy) is 11. The van der Waals surface area contributed by atoms with Crippen molar-refractivity contribution < 1.29 is 82.7 Å². The van der Waals surface area contributed by atoms with E-state index in [0.29, 0.717) is 78.9 Å². The van der Waals surface area contributed by atoms with Gasteiger partial charge in [0.2, 0.25) is 0 Å². The fourth-order valence-electron chi connectivity index (χ4n) is 2.80. The molecule has 0 aliphatic carbocycles. The second-order valence-corrected chi connectivity index (χ2v) is 9.33. The van der Waals surface area contributed by atoms with Gasteiger partial charge in [0.05, 0.1) is 117 Å². The van der Waals surface area contributed by atoms with Gasteiger partial charge >= 0.3 is 0 Å². The molecule has 0 aliphatic heterocycles. The van der Waals surface area contributed by atoms with Crippen LogP contribution in [-0.4, -0.2) is 187 Å². The van der Waals surface area contributed by atoms with Gasteiger partial charge in [-0.25, -0.2) is 28.4 Å². The molecule has 0 aromatic carbocycles. The van der Waals surface area contributed by atoms with Gasteiger partial charge in [-0.1, -0.05) is 0 Å². The molecule has 6 N–H and O–H groups in total.